The number of alkyl halides is 1. The summed E-state index contributed by atoms with van der Waals surface area (Å²) in [5.41, 5.74) is 1.40. The predicted octanol–water partition coefficient (Wildman–Crippen LogP) is 2.61. The van der Waals surface area contributed by atoms with Gasteiger partial charge in [0, 0.05) is 5.33 Å². The van der Waals surface area contributed by atoms with Crippen LogP contribution < -0.4 is 4.72 Å². The van der Waals surface area contributed by atoms with Crippen molar-refractivity contribution in [1.29, 1.82) is 0 Å². The molecule has 0 bridgehead atoms. The molecule has 0 aliphatic carbocycles. The zero-order valence-corrected chi connectivity index (χ0v) is 10.6. The van der Waals surface area contributed by atoms with Gasteiger partial charge < -0.3 is 0 Å². The van der Waals surface area contributed by atoms with E-state index in [4.69, 9.17) is 11.6 Å². The molecule has 0 unspecified atom stereocenters. The van der Waals surface area contributed by atoms with Gasteiger partial charge in [-0.25, -0.2) is 8.42 Å². The van der Waals surface area contributed by atoms with Crippen molar-refractivity contribution in [2.75, 3.05) is 11.0 Å². The normalized spacial score (nSPS) is 11.4. The second-order valence-electron chi connectivity index (χ2n) is 2.82. The molecule has 0 saturated carbocycles. The van der Waals surface area contributed by atoms with Crippen molar-refractivity contribution in [3.8, 4) is 0 Å². The van der Waals surface area contributed by atoms with Gasteiger partial charge in [0.1, 0.15) is 0 Å². The lowest BCUT2D eigenvalue weighted by Gasteiger charge is -2.06. The number of hydrogen-bond acceptors (Lipinski definition) is 2. The van der Waals surface area contributed by atoms with E-state index in [-0.39, 0.29) is 0 Å². The summed E-state index contributed by atoms with van der Waals surface area (Å²) in [6, 6.07) is 5.15. The first kappa shape index (κ1) is 11.8. The molecular weight excluding hydrogens is 290 g/mol. The number of hydrogen-bond donors (Lipinski definition) is 1. The molecule has 0 heterocycles. The van der Waals surface area contributed by atoms with Crippen molar-refractivity contribution in [2.24, 2.45) is 0 Å². The van der Waals surface area contributed by atoms with E-state index in [1.165, 1.54) is 0 Å². The highest BCUT2D eigenvalue weighted by molar-refractivity contribution is 9.08. The van der Waals surface area contributed by atoms with E-state index in [1.807, 2.05) is 0 Å². The number of sulfonamides is 1. The van der Waals surface area contributed by atoms with Gasteiger partial charge in [-0.2, -0.15) is 0 Å². The lowest BCUT2D eigenvalue weighted by Crippen LogP contribution is -2.09. The summed E-state index contributed by atoms with van der Waals surface area (Å²) in [4.78, 5) is 0. The van der Waals surface area contributed by atoms with Crippen LogP contribution in [0.4, 0.5) is 5.69 Å². The highest BCUT2D eigenvalue weighted by atomic mass is 79.9. The first-order chi connectivity index (χ1) is 6.42. The van der Waals surface area contributed by atoms with Crippen LogP contribution in [0.3, 0.4) is 0 Å². The van der Waals surface area contributed by atoms with E-state index in [2.05, 4.69) is 20.7 Å². The van der Waals surface area contributed by atoms with Crippen molar-refractivity contribution in [1.82, 2.24) is 0 Å². The smallest absolute Gasteiger partial charge is 0.229 e. The fraction of sp³-hybridized carbons (Fsp3) is 0.250. The topological polar surface area (TPSA) is 46.2 Å². The average Bonchev–Trinajstić information content (AvgIpc) is 2.06. The van der Waals surface area contributed by atoms with E-state index in [0.29, 0.717) is 16.0 Å². The molecule has 3 nitrogen and oxygen atoms in total. The summed E-state index contributed by atoms with van der Waals surface area (Å²) >= 11 is 9.15. The zero-order chi connectivity index (χ0) is 10.8. The number of nitrogens with one attached hydrogen (secondary N) is 1. The molecule has 0 atom stereocenters. The SMILES string of the molecule is CS(=O)(=O)Nc1ccc(CBr)cc1Cl. The summed E-state index contributed by atoms with van der Waals surface area (Å²) in [6.07, 6.45) is 1.09. The average molecular weight is 299 g/mol. The standard InChI is InChI=1S/C8H9BrClNO2S/c1-14(12,13)11-8-3-2-6(5-9)4-7(8)10/h2-4,11H,5H2,1H3. The van der Waals surface area contributed by atoms with Crippen molar-refractivity contribution in [2.45, 2.75) is 5.33 Å². The molecule has 1 N–H and O–H groups in total. The molecule has 0 aromatic heterocycles. The maximum absolute atomic E-state index is 10.9. The van der Waals surface area contributed by atoms with Gasteiger partial charge in [-0.1, -0.05) is 33.6 Å². The minimum absolute atomic E-state index is 0.396. The van der Waals surface area contributed by atoms with Crippen LogP contribution in [0.2, 0.25) is 5.02 Å². The van der Waals surface area contributed by atoms with E-state index in [0.717, 1.165) is 11.8 Å². The van der Waals surface area contributed by atoms with Gasteiger partial charge in [0.25, 0.3) is 0 Å². The van der Waals surface area contributed by atoms with Crippen LogP contribution in [0.5, 0.6) is 0 Å². The molecule has 0 aliphatic rings. The van der Waals surface area contributed by atoms with Gasteiger partial charge in [0.2, 0.25) is 10.0 Å². The molecule has 0 saturated heterocycles. The van der Waals surface area contributed by atoms with Gasteiger partial charge in [0.05, 0.1) is 17.0 Å². The van der Waals surface area contributed by atoms with Crippen molar-refractivity contribution < 1.29 is 8.42 Å². The molecule has 1 rings (SSSR count). The van der Waals surface area contributed by atoms with Crippen molar-refractivity contribution in [3.63, 3.8) is 0 Å². The predicted molar refractivity (Wildman–Crippen MR) is 62.5 cm³/mol. The number of anilines is 1. The van der Waals surface area contributed by atoms with Crippen molar-refractivity contribution in [3.05, 3.63) is 28.8 Å². The van der Waals surface area contributed by atoms with Gasteiger partial charge in [-0.05, 0) is 17.7 Å². The first-order valence-corrected chi connectivity index (χ1v) is 7.13. The third-order valence-electron chi connectivity index (χ3n) is 1.48. The Bertz CT molecular complexity index is 433. The van der Waals surface area contributed by atoms with Gasteiger partial charge in [-0.3, -0.25) is 4.72 Å². The Morgan fingerprint density at radius 3 is 2.57 bits per heavy atom. The van der Waals surface area contributed by atoms with Gasteiger partial charge in [0.15, 0.2) is 0 Å². The summed E-state index contributed by atoms with van der Waals surface area (Å²) in [5, 5.41) is 1.08. The third-order valence-corrected chi connectivity index (χ3v) is 3.03. The van der Waals surface area contributed by atoms with Crippen LogP contribution in [0.15, 0.2) is 18.2 Å². The number of halogens is 2. The van der Waals surface area contributed by atoms with Crippen LogP contribution in [-0.4, -0.2) is 14.7 Å². The lowest BCUT2D eigenvalue weighted by molar-refractivity contribution is 0.607. The minimum Gasteiger partial charge on any atom is -0.282 e. The van der Waals surface area contributed by atoms with E-state index < -0.39 is 10.0 Å². The van der Waals surface area contributed by atoms with E-state index in [9.17, 15) is 8.42 Å². The van der Waals surface area contributed by atoms with E-state index in [1.54, 1.807) is 18.2 Å². The monoisotopic (exact) mass is 297 g/mol. The van der Waals surface area contributed by atoms with E-state index >= 15 is 0 Å². The number of rotatable bonds is 3. The second-order valence-corrected chi connectivity index (χ2v) is 5.54. The van der Waals surface area contributed by atoms with Crippen molar-refractivity contribution >= 4 is 43.2 Å². The van der Waals surface area contributed by atoms with Crippen LogP contribution >= 0.6 is 27.5 Å². The molecule has 0 radical (unpaired) electrons. The summed E-state index contributed by atoms with van der Waals surface area (Å²) in [6.45, 7) is 0. The molecular formula is C8H9BrClNO2S. The fourth-order valence-electron chi connectivity index (χ4n) is 0.924. The van der Waals surface area contributed by atoms with Crippen LogP contribution in [-0.2, 0) is 15.4 Å². The maximum atomic E-state index is 10.9. The Kier molecular flexibility index (Phi) is 3.80. The molecule has 6 heteroatoms. The maximum Gasteiger partial charge on any atom is 0.229 e. The first-order valence-electron chi connectivity index (χ1n) is 3.74. The molecule has 0 fully saturated rings. The van der Waals surface area contributed by atoms with Crippen LogP contribution in [0.1, 0.15) is 5.56 Å². The van der Waals surface area contributed by atoms with Gasteiger partial charge >= 0.3 is 0 Å². The number of benzene rings is 1. The highest BCUT2D eigenvalue weighted by Gasteiger charge is 2.06. The molecule has 14 heavy (non-hydrogen) atoms. The Labute approximate surface area is 96.6 Å². The fourth-order valence-corrected chi connectivity index (χ4v) is 2.16. The zero-order valence-electron chi connectivity index (χ0n) is 7.42. The Morgan fingerprint density at radius 2 is 2.14 bits per heavy atom. The Balaban J connectivity index is 3.01. The minimum atomic E-state index is -3.27. The van der Waals surface area contributed by atoms with Gasteiger partial charge in [-0.15, -0.1) is 0 Å². The summed E-state index contributed by atoms with van der Waals surface area (Å²) in [7, 11) is -3.27. The van der Waals surface area contributed by atoms with Crippen LogP contribution in [0.25, 0.3) is 0 Å². The molecule has 0 aliphatic heterocycles. The Hall–Kier alpha value is -0.260. The molecule has 0 amide bonds. The lowest BCUT2D eigenvalue weighted by atomic mass is 10.2. The second kappa shape index (κ2) is 4.51. The summed E-state index contributed by atoms with van der Waals surface area (Å²) in [5.74, 6) is 0. The Morgan fingerprint density at radius 1 is 1.50 bits per heavy atom. The van der Waals surface area contributed by atoms with Crippen LogP contribution in [0, 0.1) is 0 Å². The quantitative estimate of drug-likeness (QED) is 0.872. The molecule has 1 aromatic carbocycles. The summed E-state index contributed by atoms with van der Waals surface area (Å²) < 4.78 is 24.2. The molecule has 78 valence electrons. The highest BCUT2D eigenvalue weighted by Crippen LogP contribution is 2.24. The molecule has 1 aromatic rings. The third kappa shape index (κ3) is 3.48. The molecule has 0 spiro atoms. The largest absolute Gasteiger partial charge is 0.282 e.